The molecule has 0 atom stereocenters. The SMILES string of the molecule is CCOc1nccc(-c2c(-c3ccc(F)cc3)ncn2C2CCN(C(=O)OC(C)(C)C)CC2)n1. The topological polar surface area (TPSA) is 82.4 Å². The average molecular weight is 468 g/mol. The lowest BCUT2D eigenvalue weighted by Crippen LogP contribution is -2.42. The van der Waals surface area contributed by atoms with E-state index in [2.05, 4.69) is 19.5 Å². The van der Waals surface area contributed by atoms with Crippen LogP contribution < -0.4 is 4.74 Å². The Morgan fingerprint density at radius 1 is 1.12 bits per heavy atom. The first kappa shape index (κ1) is 23.7. The van der Waals surface area contributed by atoms with Crippen molar-refractivity contribution in [1.82, 2.24) is 24.4 Å². The number of hydrogen-bond donors (Lipinski definition) is 0. The minimum Gasteiger partial charge on any atom is -0.464 e. The summed E-state index contributed by atoms with van der Waals surface area (Å²) in [5, 5.41) is 0. The Labute approximate surface area is 198 Å². The van der Waals surface area contributed by atoms with Gasteiger partial charge in [0.15, 0.2) is 0 Å². The zero-order valence-electron chi connectivity index (χ0n) is 20.0. The second-order valence-corrected chi connectivity index (χ2v) is 9.21. The third kappa shape index (κ3) is 5.35. The summed E-state index contributed by atoms with van der Waals surface area (Å²) >= 11 is 0. The number of nitrogens with zero attached hydrogens (tertiary/aromatic N) is 5. The molecule has 1 aliphatic rings. The lowest BCUT2D eigenvalue weighted by molar-refractivity contribution is 0.0189. The molecule has 2 aromatic heterocycles. The summed E-state index contributed by atoms with van der Waals surface area (Å²) in [7, 11) is 0. The van der Waals surface area contributed by atoms with E-state index >= 15 is 0 Å². The Bertz CT molecular complexity index is 1130. The van der Waals surface area contributed by atoms with Crippen molar-refractivity contribution < 1.29 is 18.7 Å². The van der Waals surface area contributed by atoms with Gasteiger partial charge in [-0.1, -0.05) is 0 Å². The van der Waals surface area contributed by atoms with E-state index in [-0.39, 0.29) is 24.0 Å². The van der Waals surface area contributed by atoms with Crippen LogP contribution in [0.25, 0.3) is 22.6 Å². The van der Waals surface area contributed by atoms with Crippen molar-refractivity contribution in [3.05, 3.63) is 48.7 Å². The highest BCUT2D eigenvalue weighted by molar-refractivity contribution is 5.77. The Balaban J connectivity index is 1.65. The molecule has 180 valence electrons. The Morgan fingerprint density at radius 3 is 2.47 bits per heavy atom. The van der Waals surface area contributed by atoms with Gasteiger partial charge in [0.05, 0.1) is 30.0 Å². The first-order valence-electron chi connectivity index (χ1n) is 11.5. The van der Waals surface area contributed by atoms with E-state index in [4.69, 9.17) is 9.47 Å². The highest BCUT2D eigenvalue weighted by Crippen LogP contribution is 2.35. The quantitative estimate of drug-likeness (QED) is 0.518. The van der Waals surface area contributed by atoms with Crippen molar-refractivity contribution >= 4 is 6.09 Å². The van der Waals surface area contributed by atoms with Gasteiger partial charge in [0.1, 0.15) is 11.4 Å². The normalized spacial score (nSPS) is 14.8. The summed E-state index contributed by atoms with van der Waals surface area (Å²) in [5.74, 6) is -0.306. The predicted octanol–water partition coefficient (Wildman–Crippen LogP) is 5.12. The molecular formula is C25H30FN5O3. The van der Waals surface area contributed by atoms with Crippen LogP contribution in [0.1, 0.15) is 46.6 Å². The van der Waals surface area contributed by atoms with Crippen LogP contribution in [0.3, 0.4) is 0 Å². The Kier molecular flexibility index (Phi) is 6.81. The number of aromatic nitrogens is 4. The van der Waals surface area contributed by atoms with Crippen molar-refractivity contribution in [1.29, 1.82) is 0 Å². The summed E-state index contributed by atoms with van der Waals surface area (Å²) in [6, 6.07) is 8.48. The van der Waals surface area contributed by atoms with Crippen LogP contribution in [0, 0.1) is 5.82 Å². The maximum absolute atomic E-state index is 13.6. The number of ether oxygens (including phenoxy) is 2. The lowest BCUT2D eigenvalue weighted by atomic mass is 10.0. The molecule has 0 bridgehead atoms. The molecular weight excluding hydrogens is 437 g/mol. The minimum atomic E-state index is -0.527. The number of amides is 1. The molecule has 4 rings (SSSR count). The molecule has 0 spiro atoms. The van der Waals surface area contributed by atoms with Gasteiger partial charge in [0.2, 0.25) is 0 Å². The number of benzene rings is 1. The van der Waals surface area contributed by atoms with Gasteiger partial charge in [-0.15, -0.1) is 0 Å². The molecule has 0 radical (unpaired) electrons. The first-order valence-corrected chi connectivity index (χ1v) is 11.5. The highest BCUT2D eigenvalue weighted by atomic mass is 19.1. The van der Waals surface area contributed by atoms with Crippen LogP contribution in [-0.2, 0) is 4.74 Å². The van der Waals surface area contributed by atoms with Crippen LogP contribution in [0.15, 0.2) is 42.9 Å². The third-order valence-corrected chi connectivity index (χ3v) is 5.57. The van der Waals surface area contributed by atoms with Gasteiger partial charge in [-0.3, -0.25) is 0 Å². The molecule has 8 nitrogen and oxygen atoms in total. The van der Waals surface area contributed by atoms with Gasteiger partial charge in [-0.25, -0.2) is 19.2 Å². The number of imidazole rings is 1. The summed E-state index contributed by atoms with van der Waals surface area (Å²) in [6.45, 7) is 9.09. The standard InChI is InChI=1S/C25H30FN5O3/c1-5-33-23-27-13-10-20(29-23)22-21(17-6-8-18(26)9-7-17)28-16-31(22)19-11-14-30(15-12-19)24(32)34-25(2,3)4/h6-10,13,16,19H,5,11-12,14-15H2,1-4H3. The molecule has 0 N–H and O–H groups in total. The van der Waals surface area contributed by atoms with E-state index in [9.17, 15) is 9.18 Å². The molecule has 34 heavy (non-hydrogen) atoms. The third-order valence-electron chi connectivity index (χ3n) is 5.57. The largest absolute Gasteiger partial charge is 0.464 e. The van der Waals surface area contributed by atoms with Gasteiger partial charge in [-0.2, -0.15) is 4.98 Å². The highest BCUT2D eigenvalue weighted by Gasteiger charge is 2.30. The number of piperidine rings is 1. The molecule has 1 amide bonds. The fourth-order valence-electron chi connectivity index (χ4n) is 4.03. The van der Waals surface area contributed by atoms with Gasteiger partial charge < -0.3 is 18.9 Å². The van der Waals surface area contributed by atoms with Gasteiger partial charge in [-0.05, 0) is 70.9 Å². The van der Waals surface area contributed by atoms with E-state index < -0.39 is 5.60 Å². The van der Waals surface area contributed by atoms with Crippen molar-refractivity contribution in [2.24, 2.45) is 0 Å². The van der Waals surface area contributed by atoms with Crippen LogP contribution >= 0.6 is 0 Å². The second kappa shape index (κ2) is 9.79. The van der Waals surface area contributed by atoms with Crippen LogP contribution in [0.4, 0.5) is 9.18 Å². The Morgan fingerprint density at radius 2 is 1.82 bits per heavy atom. The molecule has 0 saturated carbocycles. The van der Waals surface area contributed by atoms with Crippen LogP contribution in [0.5, 0.6) is 6.01 Å². The van der Waals surface area contributed by atoms with Crippen molar-refractivity contribution in [2.75, 3.05) is 19.7 Å². The molecule has 1 aliphatic heterocycles. The molecule has 1 saturated heterocycles. The van der Waals surface area contributed by atoms with E-state index in [1.165, 1.54) is 12.1 Å². The van der Waals surface area contributed by atoms with E-state index in [1.54, 1.807) is 29.6 Å². The number of hydrogen-bond acceptors (Lipinski definition) is 6. The number of halogens is 1. The number of rotatable bonds is 5. The van der Waals surface area contributed by atoms with Crippen LogP contribution in [-0.4, -0.2) is 55.8 Å². The maximum atomic E-state index is 13.6. The summed E-state index contributed by atoms with van der Waals surface area (Å²) < 4.78 is 26.7. The minimum absolute atomic E-state index is 0.112. The average Bonchev–Trinajstić information content (AvgIpc) is 3.24. The fraction of sp³-hybridized carbons (Fsp3) is 0.440. The van der Waals surface area contributed by atoms with Gasteiger partial charge in [0.25, 0.3) is 0 Å². The molecule has 3 heterocycles. The fourth-order valence-corrected chi connectivity index (χ4v) is 4.03. The lowest BCUT2D eigenvalue weighted by Gasteiger charge is -2.34. The molecule has 0 unspecified atom stereocenters. The number of carbonyl (C=O) groups excluding carboxylic acids is 1. The summed E-state index contributed by atoms with van der Waals surface area (Å²) in [6.07, 6.45) is 4.65. The second-order valence-electron chi connectivity index (χ2n) is 9.21. The summed E-state index contributed by atoms with van der Waals surface area (Å²) in [4.78, 5) is 27.7. The van der Waals surface area contributed by atoms with Crippen LogP contribution in [0.2, 0.25) is 0 Å². The Hall–Kier alpha value is -3.49. The molecule has 9 heteroatoms. The smallest absolute Gasteiger partial charge is 0.410 e. The monoisotopic (exact) mass is 467 g/mol. The zero-order valence-corrected chi connectivity index (χ0v) is 20.0. The van der Waals surface area contributed by atoms with Crippen molar-refractivity contribution in [3.63, 3.8) is 0 Å². The first-order chi connectivity index (χ1) is 16.2. The van der Waals surface area contributed by atoms with Gasteiger partial charge >= 0.3 is 12.1 Å². The van der Waals surface area contributed by atoms with E-state index in [0.717, 1.165) is 24.1 Å². The predicted molar refractivity (Wildman–Crippen MR) is 126 cm³/mol. The molecule has 0 aliphatic carbocycles. The molecule has 1 aromatic carbocycles. The van der Waals surface area contributed by atoms with E-state index in [0.29, 0.717) is 31.1 Å². The zero-order chi connectivity index (χ0) is 24.3. The van der Waals surface area contributed by atoms with E-state index in [1.807, 2.05) is 33.8 Å². The van der Waals surface area contributed by atoms with Crippen molar-refractivity contribution in [3.8, 4) is 28.7 Å². The maximum Gasteiger partial charge on any atom is 0.410 e. The van der Waals surface area contributed by atoms with Gasteiger partial charge in [0, 0.05) is 30.9 Å². The molecule has 1 fully saturated rings. The molecule has 3 aromatic rings. The number of carbonyl (C=O) groups is 1. The number of likely N-dealkylation sites (tertiary alicyclic amines) is 1. The van der Waals surface area contributed by atoms with Crippen molar-refractivity contribution in [2.45, 2.75) is 52.2 Å². The summed E-state index contributed by atoms with van der Waals surface area (Å²) in [5.41, 5.74) is 2.45.